The van der Waals surface area contributed by atoms with Crippen LogP contribution in [0.5, 0.6) is 0 Å². The van der Waals surface area contributed by atoms with Crippen molar-refractivity contribution in [3.8, 4) is 5.00 Å². The van der Waals surface area contributed by atoms with E-state index in [0.29, 0.717) is 12.1 Å². The lowest BCUT2D eigenvalue weighted by Gasteiger charge is -2.00. The topological polar surface area (TPSA) is 43.6 Å². The maximum atomic E-state index is 11.3. The van der Waals surface area contributed by atoms with E-state index >= 15 is 0 Å². The van der Waals surface area contributed by atoms with Crippen molar-refractivity contribution in [3.63, 3.8) is 0 Å². The minimum atomic E-state index is -0.332. The Balaban J connectivity index is 2.09. The molecule has 0 N–H and O–H groups in total. The van der Waals surface area contributed by atoms with Crippen molar-refractivity contribution in [1.82, 2.24) is 4.57 Å². The average molecular weight is 312 g/mol. The third kappa shape index (κ3) is 2.67. The molecule has 0 saturated carbocycles. The van der Waals surface area contributed by atoms with Crippen LogP contribution in [0, 0.1) is 0 Å². The average Bonchev–Trinajstić information content (AvgIpc) is 3.19. The molecule has 0 bridgehead atoms. The van der Waals surface area contributed by atoms with Crippen LogP contribution in [0.3, 0.4) is 0 Å². The Morgan fingerprint density at radius 2 is 2.09 bits per heavy atom. The second-order valence-corrected chi connectivity index (χ2v) is 5.80. The Bertz CT molecular complexity index is 832. The van der Waals surface area contributed by atoms with Gasteiger partial charge in [-0.2, -0.15) is 0 Å². The summed E-state index contributed by atoms with van der Waals surface area (Å²) in [5.74, 6) is -0.332. The monoisotopic (exact) mass is 312 g/mol. The fourth-order valence-electron chi connectivity index (χ4n) is 2.29. The van der Waals surface area contributed by atoms with Crippen LogP contribution in [0.4, 0.5) is 0 Å². The smallest absolute Gasteiger partial charge is 0.318 e. The molecule has 3 rings (SSSR count). The second kappa shape index (κ2) is 6.15. The first-order chi connectivity index (χ1) is 10.7. The first-order valence-electron chi connectivity index (χ1n) is 7.09. The van der Waals surface area contributed by atoms with Gasteiger partial charge in [-0.25, -0.2) is 4.79 Å². The highest BCUT2D eigenvalue weighted by Gasteiger charge is 2.12. The van der Waals surface area contributed by atoms with Crippen LogP contribution >= 0.6 is 11.3 Å². The summed E-state index contributed by atoms with van der Waals surface area (Å²) in [6, 6.07) is 12.2. The molecule has 5 heteroatoms. The Morgan fingerprint density at radius 3 is 2.82 bits per heavy atom. The van der Waals surface area contributed by atoms with Crippen molar-refractivity contribution in [3.05, 3.63) is 53.5 Å². The molecule has 3 aromatic rings. The largest absolute Gasteiger partial charge is 0.334 e. The lowest BCUT2D eigenvalue weighted by Crippen LogP contribution is -2.01. The van der Waals surface area contributed by atoms with Crippen LogP contribution in [-0.4, -0.2) is 16.2 Å². The molecule has 0 amide bonds. The molecule has 0 aliphatic rings. The molecule has 22 heavy (non-hydrogen) atoms. The van der Waals surface area contributed by atoms with Crippen LogP contribution in [0.25, 0.3) is 15.9 Å². The fraction of sp³-hybridized carbons (Fsp3) is 0.176. The molecule has 1 aromatic carbocycles. The number of rotatable bonds is 4. The van der Waals surface area contributed by atoms with E-state index in [-0.39, 0.29) is 5.97 Å². The van der Waals surface area contributed by atoms with Gasteiger partial charge >= 0.3 is 5.97 Å². The summed E-state index contributed by atoms with van der Waals surface area (Å²) in [5, 5.41) is 8.24. The number of benzene rings is 1. The number of carbonyl (C=O) groups is 1. The van der Waals surface area contributed by atoms with Gasteiger partial charge < -0.3 is 9.40 Å². The third-order valence-corrected chi connectivity index (χ3v) is 4.29. The predicted molar refractivity (Wildman–Crippen MR) is 89.7 cm³/mol. The van der Waals surface area contributed by atoms with Gasteiger partial charge in [0.2, 0.25) is 0 Å². The third-order valence-electron chi connectivity index (χ3n) is 3.42. The minimum absolute atomic E-state index is 0.313. The minimum Gasteiger partial charge on any atom is -0.318 e. The van der Waals surface area contributed by atoms with Gasteiger partial charge in [0, 0.05) is 23.6 Å². The number of thiophene rings is 1. The Hall–Kier alpha value is -2.40. The molecular formula is C17H16N2O2S. The van der Waals surface area contributed by atoms with Gasteiger partial charge in [0.1, 0.15) is 0 Å². The van der Waals surface area contributed by atoms with Crippen LogP contribution in [0.1, 0.15) is 25.8 Å². The van der Waals surface area contributed by atoms with Gasteiger partial charge in [-0.15, -0.1) is 11.3 Å². The van der Waals surface area contributed by atoms with Crippen molar-refractivity contribution in [2.45, 2.75) is 20.3 Å². The van der Waals surface area contributed by atoms with E-state index in [1.54, 1.807) is 18.3 Å². The summed E-state index contributed by atoms with van der Waals surface area (Å²) >= 11 is 1.68. The van der Waals surface area contributed by atoms with Crippen LogP contribution in [0.2, 0.25) is 0 Å². The fourth-order valence-corrected chi connectivity index (χ4v) is 3.01. The summed E-state index contributed by atoms with van der Waals surface area (Å²) in [6.45, 7) is 3.60. The summed E-state index contributed by atoms with van der Waals surface area (Å²) in [6.07, 6.45) is 2.35. The molecule has 0 atom stereocenters. The van der Waals surface area contributed by atoms with Crippen LogP contribution in [-0.2, 0) is 9.63 Å². The molecule has 2 heterocycles. The SMILES string of the molecule is CCC(=O)O/N=C(\C)c1cn(-c2cccs2)c2ccccc12. The molecule has 0 saturated heterocycles. The number of fused-ring (bicyclic) bond motifs is 1. The molecule has 0 spiro atoms. The Labute approximate surface area is 132 Å². The van der Waals surface area contributed by atoms with Crippen molar-refractivity contribution in [1.29, 1.82) is 0 Å². The molecule has 0 fully saturated rings. The molecule has 4 nitrogen and oxygen atoms in total. The zero-order valence-corrected chi connectivity index (χ0v) is 13.3. The molecular weight excluding hydrogens is 296 g/mol. The van der Waals surface area contributed by atoms with Gasteiger partial charge in [-0.1, -0.05) is 30.3 Å². The van der Waals surface area contributed by atoms with Gasteiger partial charge in [0.05, 0.1) is 16.2 Å². The number of aromatic nitrogens is 1. The predicted octanol–water partition coefficient (Wildman–Crippen LogP) is 4.37. The van der Waals surface area contributed by atoms with Crippen molar-refractivity contribution in [2.75, 3.05) is 0 Å². The summed E-state index contributed by atoms with van der Waals surface area (Å²) in [7, 11) is 0. The van der Waals surface area contributed by atoms with Crippen molar-refractivity contribution >= 4 is 33.9 Å². The quantitative estimate of drug-likeness (QED) is 0.408. The lowest BCUT2D eigenvalue weighted by molar-refractivity contribution is -0.143. The van der Waals surface area contributed by atoms with E-state index in [0.717, 1.165) is 21.5 Å². The number of hydrogen-bond acceptors (Lipinski definition) is 4. The van der Waals surface area contributed by atoms with E-state index in [4.69, 9.17) is 4.84 Å². The number of nitrogens with zero attached hydrogens (tertiary/aromatic N) is 2. The van der Waals surface area contributed by atoms with Crippen LogP contribution in [0.15, 0.2) is 53.1 Å². The zero-order chi connectivity index (χ0) is 15.5. The normalized spacial score (nSPS) is 11.8. The van der Waals surface area contributed by atoms with E-state index < -0.39 is 0 Å². The molecule has 0 unspecified atom stereocenters. The van der Waals surface area contributed by atoms with E-state index in [9.17, 15) is 4.79 Å². The van der Waals surface area contributed by atoms with E-state index in [1.807, 2.05) is 36.7 Å². The highest BCUT2D eigenvalue weighted by molar-refractivity contribution is 7.12. The highest BCUT2D eigenvalue weighted by Crippen LogP contribution is 2.27. The standard InChI is InChI=1S/C17H16N2O2S/c1-3-17(20)21-18-12(2)14-11-19(16-9-6-10-22-16)15-8-5-4-7-13(14)15/h4-11H,3H2,1-2H3/b18-12+. The molecule has 2 aromatic heterocycles. The first-order valence-corrected chi connectivity index (χ1v) is 7.97. The van der Waals surface area contributed by atoms with E-state index in [1.165, 1.54) is 0 Å². The Morgan fingerprint density at radius 1 is 1.27 bits per heavy atom. The second-order valence-electron chi connectivity index (χ2n) is 4.87. The van der Waals surface area contributed by atoms with Gasteiger partial charge in [-0.3, -0.25) is 0 Å². The maximum Gasteiger partial charge on any atom is 0.334 e. The lowest BCUT2D eigenvalue weighted by atomic mass is 10.1. The maximum absolute atomic E-state index is 11.3. The Kier molecular flexibility index (Phi) is 4.06. The van der Waals surface area contributed by atoms with Crippen molar-refractivity contribution < 1.29 is 9.63 Å². The van der Waals surface area contributed by atoms with Gasteiger partial charge in [0.15, 0.2) is 0 Å². The summed E-state index contributed by atoms with van der Waals surface area (Å²) in [5.41, 5.74) is 2.76. The molecule has 0 aliphatic heterocycles. The molecule has 0 radical (unpaired) electrons. The zero-order valence-electron chi connectivity index (χ0n) is 12.4. The number of para-hydroxylation sites is 1. The molecule has 112 valence electrons. The summed E-state index contributed by atoms with van der Waals surface area (Å²) < 4.78 is 2.13. The number of carbonyl (C=O) groups excluding carboxylic acids is 1. The van der Waals surface area contributed by atoms with Gasteiger partial charge in [0.25, 0.3) is 0 Å². The van der Waals surface area contributed by atoms with Crippen molar-refractivity contribution in [2.24, 2.45) is 5.16 Å². The van der Waals surface area contributed by atoms with Gasteiger partial charge in [-0.05, 0) is 30.5 Å². The first kappa shape index (κ1) is 14.5. The highest BCUT2D eigenvalue weighted by atomic mass is 32.1. The number of hydrogen-bond donors (Lipinski definition) is 0. The number of oxime groups is 1. The summed E-state index contributed by atoms with van der Waals surface area (Å²) in [4.78, 5) is 16.2. The molecule has 0 aliphatic carbocycles. The van der Waals surface area contributed by atoms with Crippen LogP contribution < -0.4 is 0 Å². The van der Waals surface area contributed by atoms with E-state index in [2.05, 4.69) is 27.9 Å².